The van der Waals surface area contributed by atoms with Crippen molar-refractivity contribution in [3.63, 3.8) is 0 Å². The summed E-state index contributed by atoms with van der Waals surface area (Å²) in [6.45, 7) is 1.61. The van der Waals surface area contributed by atoms with E-state index in [4.69, 9.17) is 4.74 Å². The summed E-state index contributed by atoms with van der Waals surface area (Å²) in [6, 6.07) is 16.8. The first-order valence-electron chi connectivity index (χ1n) is 10.8. The van der Waals surface area contributed by atoms with Crippen LogP contribution in [0, 0.1) is 0 Å². The minimum atomic E-state index is -0.760. The molecule has 0 radical (unpaired) electrons. The lowest BCUT2D eigenvalue weighted by atomic mass is 9.94. The SMILES string of the molecule is OC1c2cc(-c3ccc(C4CCCC4)cc3)ccc2OCCN1Cc1ncccn1. The molecule has 2 aliphatic rings. The highest BCUT2D eigenvalue weighted by molar-refractivity contribution is 5.66. The zero-order valence-electron chi connectivity index (χ0n) is 17.1. The van der Waals surface area contributed by atoms with Crippen molar-refractivity contribution in [1.82, 2.24) is 14.9 Å². The highest BCUT2D eigenvalue weighted by atomic mass is 16.5. The van der Waals surface area contributed by atoms with Crippen molar-refractivity contribution < 1.29 is 9.84 Å². The van der Waals surface area contributed by atoms with Gasteiger partial charge in [-0.2, -0.15) is 0 Å². The minimum Gasteiger partial charge on any atom is -0.492 e. The maximum atomic E-state index is 11.1. The Kier molecular flexibility index (Phi) is 5.47. The van der Waals surface area contributed by atoms with Gasteiger partial charge in [0.15, 0.2) is 0 Å². The fourth-order valence-corrected chi connectivity index (χ4v) is 4.62. The predicted molar refractivity (Wildman–Crippen MR) is 116 cm³/mol. The Bertz CT molecular complexity index is 985. The molecule has 1 aliphatic carbocycles. The lowest BCUT2D eigenvalue weighted by Crippen LogP contribution is -2.30. The van der Waals surface area contributed by atoms with Crippen LogP contribution in [-0.2, 0) is 6.54 Å². The summed E-state index contributed by atoms with van der Waals surface area (Å²) in [5, 5.41) is 11.1. The molecule has 2 aromatic carbocycles. The molecule has 0 bridgehead atoms. The van der Waals surface area contributed by atoms with E-state index in [1.807, 2.05) is 11.0 Å². The number of aromatic nitrogens is 2. The van der Waals surface area contributed by atoms with E-state index in [2.05, 4.69) is 46.4 Å². The molecule has 1 N–H and O–H groups in total. The Hall–Kier alpha value is -2.76. The summed E-state index contributed by atoms with van der Waals surface area (Å²) in [6.07, 6.45) is 8.00. The van der Waals surface area contributed by atoms with Gasteiger partial charge in [-0.05, 0) is 53.6 Å². The normalized spacial score (nSPS) is 19.8. The van der Waals surface area contributed by atoms with Crippen LogP contribution < -0.4 is 4.74 Å². The Balaban J connectivity index is 1.40. The van der Waals surface area contributed by atoms with Crippen LogP contribution in [0.1, 0.15) is 54.8 Å². The number of ether oxygens (including phenoxy) is 1. The Labute approximate surface area is 177 Å². The molecule has 1 saturated carbocycles. The number of fused-ring (bicyclic) bond motifs is 1. The molecule has 1 fully saturated rings. The second-order valence-electron chi connectivity index (χ2n) is 8.21. The van der Waals surface area contributed by atoms with Gasteiger partial charge in [0.25, 0.3) is 0 Å². The number of benzene rings is 2. The summed E-state index contributed by atoms with van der Waals surface area (Å²) in [5.74, 6) is 2.15. The third-order valence-electron chi connectivity index (χ3n) is 6.30. The van der Waals surface area contributed by atoms with Crippen LogP contribution >= 0.6 is 0 Å². The predicted octanol–water partition coefficient (Wildman–Crippen LogP) is 4.69. The van der Waals surface area contributed by atoms with Gasteiger partial charge in [0.1, 0.15) is 24.4 Å². The zero-order chi connectivity index (χ0) is 20.3. The lowest BCUT2D eigenvalue weighted by Gasteiger charge is -2.25. The number of hydrogen-bond acceptors (Lipinski definition) is 5. The lowest BCUT2D eigenvalue weighted by molar-refractivity contribution is -0.00375. The van der Waals surface area contributed by atoms with E-state index in [9.17, 15) is 5.11 Å². The molecule has 0 spiro atoms. The van der Waals surface area contributed by atoms with E-state index in [0.717, 1.165) is 28.4 Å². The maximum absolute atomic E-state index is 11.1. The summed E-state index contributed by atoms with van der Waals surface area (Å²) in [7, 11) is 0. The average Bonchev–Trinajstić information content (AvgIpc) is 3.29. The monoisotopic (exact) mass is 401 g/mol. The van der Waals surface area contributed by atoms with E-state index >= 15 is 0 Å². The van der Waals surface area contributed by atoms with Crippen molar-refractivity contribution in [3.8, 4) is 16.9 Å². The minimum absolute atomic E-state index is 0.477. The second kappa shape index (κ2) is 8.54. The molecule has 1 aliphatic heterocycles. The van der Waals surface area contributed by atoms with E-state index in [1.54, 1.807) is 18.5 Å². The molecule has 0 amide bonds. The van der Waals surface area contributed by atoms with Gasteiger partial charge in [0, 0.05) is 24.5 Å². The molecule has 1 unspecified atom stereocenters. The van der Waals surface area contributed by atoms with Gasteiger partial charge in [0.2, 0.25) is 0 Å². The van der Waals surface area contributed by atoms with Crippen molar-refractivity contribution in [2.75, 3.05) is 13.2 Å². The summed E-state index contributed by atoms with van der Waals surface area (Å²) in [5.41, 5.74) is 4.49. The fraction of sp³-hybridized carbons (Fsp3) is 0.360. The molecule has 5 rings (SSSR count). The van der Waals surface area contributed by atoms with E-state index in [0.29, 0.717) is 25.5 Å². The van der Waals surface area contributed by atoms with E-state index < -0.39 is 6.23 Å². The molecule has 5 heteroatoms. The first kappa shape index (κ1) is 19.2. The van der Waals surface area contributed by atoms with Gasteiger partial charge in [-0.1, -0.05) is 43.2 Å². The summed E-state index contributed by atoms with van der Waals surface area (Å²) < 4.78 is 5.92. The zero-order valence-corrected chi connectivity index (χ0v) is 17.1. The molecule has 30 heavy (non-hydrogen) atoms. The Morgan fingerprint density at radius 3 is 2.47 bits per heavy atom. The first-order chi connectivity index (χ1) is 14.8. The number of nitrogens with zero attached hydrogens (tertiary/aromatic N) is 3. The van der Waals surface area contributed by atoms with E-state index in [1.165, 1.54) is 31.2 Å². The van der Waals surface area contributed by atoms with Crippen LogP contribution in [0.5, 0.6) is 5.75 Å². The summed E-state index contributed by atoms with van der Waals surface area (Å²) >= 11 is 0. The van der Waals surface area contributed by atoms with Crippen molar-refractivity contribution in [2.45, 2.75) is 44.4 Å². The first-order valence-corrected chi connectivity index (χ1v) is 10.8. The van der Waals surface area contributed by atoms with Gasteiger partial charge in [0.05, 0.1) is 6.54 Å². The number of rotatable bonds is 4. The fourth-order valence-electron chi connectivity index (χ4n) is 4.62. The van der Waals surface area contributed by atoms with Crippen molar-refractivity contribution >= 4 is 0 Å². The standard InChI is InChI=1S/C25H27N3O2/c29-25-22-16-21(20-8-6-19(7-9-20)18-4-1-2-5-18)10-11-23(22)30-15-14-28(25)17-24-26-12-3-13-27-24/h3,6-13,16,18,25,29H,1-2,4-5,14-15,17H2. The molecule has 1 aromatic heterocycles. The largest absolute Gasteiger partial charge is 0.492 e. The van der Waals surface area contributed by atoms with Crippen molar-refractivity contribution in [1.29, 1.82) is 0 Å². The van der Waals surface area contributed by atoms with Crippen LogP contribution in [0.25, 0.3) is 11.1 Å². The smallest absolute Gasteiger partial charge is 0.142 e. The molecular weight excluding hydrogens is 374 g/mol. The molecule has 5 nitrogen and oxygen atoms in total. The number of hydrogen-bond donors (Lipinski definition) is 1. The molecule has 154 valence electrons. The van der Waals surface area contributed by atoms with Crippen LogP contribution in [-0.4, -0.2) is 33.1 Å². The van der Waals surface area contributed by atoms with Crippen molar-refractivity contribution in [3.05, 3.63) is 77.9 Å². The molecule has 3 aromatic rings. The van der Waals surface area contributed by atoms with E-state index in [-0.39, 0.29) is 0 Å². The van der Waals surface area contributed by atoms with Crippen LogP contribution in [0.15, 0.2) is 60.9 Å². The third-order valence-corrected chi connectivity index (χ3v) is 6.30. The van der Waals surface area contributed by atoms with Gasteiger partial charge >= 0.3 is 0 Å². The number of aliphatic hydroxyl groups is 1. The number of aliphatic hydroxyl groups excluding tert-OH is 1. The molecular formula is C25H27N3O2. The highest BCUT2D eigenvalue weighted by Gasteiger charge is 2.26. The topological polar surface area (TPSA) is 58.5 Å². The van der Waals surface area contributed by atoms with Crippen molar-refractivity contribution in [2.24, 2.45) is 0 Å². The Morgan fingerprint density at radius 2 is 1.70 bits per heavy atom. The third kappa shape index (κ3) is 3.95. The summed E-state index contributed by atoms with van der Waals surface area (Å²) in [4.78, 5) is 10.5. The second-order valence-corrected chi connectivity index (χ2v) is 8.21. The van der Waals surface area contributed by atoms with Gasteiger partial charge in [-0.15, -0.1) is 0 Å². The van der Waals surface area contributed by atoms with Gasteiger partial charge in [-0.25, -0.2) is 9.97 Å². The van der Waals surface area contributed by atoms with Crippen LogP contribution in [0.4, 0.5) is 0 Å². The maximum Gasteiger partial charge on any atom is 0.142 e. The van der Waals surface area contributed by atoms with Crippen LogP contribution in [0.3, 0.4) is 0 Å². The average molecular weight is 402 g/mol. The van der Waals surface area contributed by atoms with Gasteiger partial charge < -0.3 is 9.84 Å². The van der Waals surface area contributed by atoms with Crippen LogP contribution in [0.2, 0.25) is 0 Å². The Morgan fingerprint density at radius 1 is 0.967 bits per heavy atom. The molecule has 0 saturated heterocycles. The molecule has 1 atom stereocenters. The highest BCUT2D eigenvalue weighted by Crippen LogP contribution is 2.37. The molecule has 2 heterocycles. The quantitative estimate of drug-likeness (QED) is 0.687. The van der Waals surface area contributed by atoms with Gasteiger partial charge in [-0.3, -0.25) is 4.90 Å².